The smallest absolute Gasteiger partial charge is 0.162 e. The molecule has 8 heteroatoms. The molecule has 33 heavy (non-hydrogen) atoms. The summed E-state index contributed by atoms with van der Waals surface area (Å²) in [6.07, 6.45) is 7.77. The maximum atomic E-state index is 6.44. The molecule has 0 radical (unpaired) electrons. The molecule has 1 aromatic carbocycles. The molecule has 0 spiro atoms. The second kappa shape index (κ2) is 9.13. The number of aryl methyl sites for hydroxylation is 1. The predicted molar refractivity (Wildman–Crippen MR) is 129 cm³/mol. The van der Waals surface area contributed by atoms with E-state index in [1.165, 1.54) is 5.56 Å². The molecule has 0 bridgehead atoms. The fraction of sp³-hybridized carbons (Fsp3) is 0.160. The summed E-state index contributed by atoms with van der Waals surface area (Å²) in [6.45, 7) is 0.570. The second-order valence-electron chi connectivity index (χ2n) is 7.86. The van der Waals surface area contributed by atoms with E-state index in [0.717, 1.165) is 40.1 Å². The van der Waals surface area contributed by atoms with Crippen molar-refractivity contribution in [3.63, 3.8) is 0 Å². The third-order valence-electron chi connectivity index (χ3n) is 5.49. The number of benzene rings is 1. The Hall–Kier alpha value is -4.17. The van der Waals surface area contributed by atoms with Gasteiger partial charge in [-0.05, 0) is 36.2 Å². The summed E-state index contributed by atoms with van der Waals surface area (Å²) in [5.41, 5.74) is 10.9. The summed E-state index contributed by atoms with van der Waals surface area (Å²) >= 11 is 0. The van der Waals surface area contributed by atoms with Crippen molar-refractivity contribution < 1.29 is 0 Å². The summed E-state index contributed by atoms with van der Waals surface area (Å²) in [7, 11) is 1.89. The van der Waals surface area contributed by atoms with Crippen LogP contribution in [0.5, 0.6) is 0 Å². The van der Waals surface area contributed by atoms with Gasteiger partial charge in [0, 0.05) is 55.4 Å². The molecule has 1 atom stereocenters. The van der Waals surface area contributed by atoms with Crippen molar-refractivity contribution in [2.45, 2.75) is 12.5 Å². The first-order chi connectivity index (χ1) is 16.2. The van der Waals surface area contributed by atoms with Gasteiger partial charge in [0.25, 0.3) is 0 Å². The van der Waals surface area contributed by atoms with Crippen LogP contribution in [0.1, 0.15) is 5.56 Å². The number of hydrogen-bond donors (Lipinski definition) is 2. The van der Waals surface area contributed by atoms with Gasteiger partial charge in [-0.15, -0.1) is 0 Å². The van der Waals surface area contributed by atoms with Crippen molar-refractivity contribution in [3.8, 4) is 22.8 Å². The minimum atomic E-state index is -0.0693. The number of fused-ring (bicyclic) bond motifs is 1. The molecule has 0 fully saturated rings. The lowest BCUT2D eigenvalue weighted by atomic mass is 10.1. The molecular formula is C25H24N8. The Morgan fingerprint density at radius 1 is 0.939 bits per heavy atom. The van der Waals surface area contributed by atoms with Crippen molar-refractivity contribution in [2.24, 2.45) is 12.8 Å². The van der Waals surface area contributed by atoms with E-state index in [9.17, 15) is 0 Å². The van der Waals surface area contributed by atoms with Crippen LogP contribution in [0.15, 0.2) is 79.4 Å². The van der Waals surface area contributed by atoms with Crippen LogP contribution in [-0.4, -0.2) is 42.3 Å². The highest BCUT2D eigenvalue weighted by atomic mass is 15.3. The molecule has 5 aromatic rings. The van der Waals surface area contributed by atoms with E-state index in [1.807, 2.05) is 49.5 Å². The zero-order valence-corrected chi connectivity index (χ0v) is 18.3. The maximum absolute atomic E-state index is 6.44. The van der Waals surface area contributed by atoms with Gasteiger partial charge in [0.05, 0.1) is 5.69 Å². The number of hydrogen-bond acceptors (Lipinski definition) is 7. The van der Waals surface area contributed by atoms with E-state index in [4.69, 9.17) is 15.7 Å². The average molecular weight is 437 g/mol. The second-order valence-corrected chi connectivity index (χ2v) is 7.86. The summed E-state index contributed by atoms with van der Waals surface area (Å²) in [5.74, 6) is 1.32. The van der Waals surface area contributed by atoms with Crippen LogP contribution < -0.4 is 11.1 Å². The lowest BCUT2D eigenvalue weighted by Gasteiger charge is -2.16. The minimum absolute atomic E-state index is 0.0693. The Balaban J connectivity index is 1.54. The molecule has 0 aliphatic carbocycles. The highest BCUT2D eigenvalue weighted by Crippen LogP contribution is 2.30. The third kappa shape index (κ3) is 4.42. The zero-order chi connectivity index (χ0) is 22.6. The molecule has 0 aliphatic rings. The highest BCUT2D eigenvalue weighted by Gasteiger charge is 2.17. The van der Waals surface area contributed by atoms with Crippen LogP contribution in [0.2, 0.25) is 0 Å². The molecule has 0 saturated carbocycles. The van der Waals surface area contributed by atoms with E-state index in [0.29, 0.717) is 12.4 Å². The van der Waals surface area contributed by atoms with Gasteiger partial charge in [-0.3, -0.25) is 14.6 Å². The first-order valence-corrected chi connectivity index (χ1v) is 10.8. The Bertz CT molecular complexity index is 1370. The fourth-order valence-electron chi connectivity index (χ4n) is 3.83. The van der Waals surface area contributed by atoms with E-state index in [2.05, 4.69) is 32.5 Å². The molecule has 1 unspecified atom stereocenters. The quantitative estimate of drug-likeness (QED) is 0.402. The van der Waals surface area contributed by atoms with Gasteiger partial charge in [-0.1, -0.05) is 30.3 Å². The summed E-state index contributed by atoms with van der Waals surface area (Å²) in [6, 6.07) is 17.8. The fourth-order valence-corrected chi connectivity index (χ4v) is 3.83. The van der Waals surface area contributed by atoms with Gasteiger partial charge in [-0.2, -0.15) is 5.10 Å². The van der Waals surface area contributed by atoms with Crippen LogP contribution in [0.25, 0.3) is 33.7 Å². The van der Waals surface area contributed by atoms with Crippen LogP contribution in [0.4, 0.5) is 5.82 Å². The molecule has 4 heterocycles. The molecule has 0 saturated heterocycles. The number of rotatable bonds is 7. The number of pyridine rings is 2. The largest absolute Gasteiger partial charge is 0.368 e. The lowest BCUT2D eigenvalue weighted by molar-refractivity contribution is 0.698. The van der Waals surface area contributed by atoms with Crippen molar-refractivity contribution in [1.82, 2.24) is 29.7 Å². The summed E-state index contributed by atoms with van der Waals surface area (Å²) < 4.78 is 1.79. The normalized spacial score (nSPS) is 12.1. The number of nitrogens with one attached hydrogen (secondary N) is 1. The molecule has 0 amide bonds. The molecule has 4 aromatic heterocycles. The number of nitrogens with two attached hydrogens (primary N) is 1. The Kier molecular flexibility index (Phi) is 5.73. The molecule has 5 rings (SSSR count). The molecule has 0 aliphatic heterocycles. The first kappa shape index (κ1) is 20.7. The first-order valence-electron chi connectivity index (χ1n) is 10.8. The predicted octanol–water partition coefficient (Wildman–Crippen LogP) is 3.47. The Morgan fingerprint density at radius 2 is 1.76 bits per heavy atom. The van der Waals surface area contributed by atoms with E-state index >= 15 is 0 Å². The topological polar surface area (TPSA) is 107 Å². The van der Waals surface area contributed by atoms with Crippen LogP contribution in [0.3, 0.4) is 0 Å². The van der Waals surface area contributed by atoms with Gasteiger partial charge in [-0.25, -0.2) is 9.97 Å². The van der Waals surface area contributed by atoms with Crippen molar-refractivity contribution in [1.29, 1.82) is 0 Å². The van der Waals surface area contributed by atoms with Gasteiger partial charge < -0.3 is 11.1 Å². The summed E-state index contributed by atoms with van der Waals surface area (Å²) in [4.78, 5) is 18.5. The average Bonchev–Trinajstić information content (AvgIpc) is 3.28. The Morgan fingerprint density at radius 3 is 2.52 bits per heavy atom. The SMILES string of the molecule is Cn1nccc1-c1nccc2c(NCC(N)Cc3ccccc3)nc(-c3ccncc3)nc12. The third-order valence-corrected chi connectivity index (χ3v) is 5.49. The van der Waals surface area contributed by atoms with Crippen LogP contribution in [-0.2, 0) is 13.5 Å². The summed E-state index contributed by atoms with van der Waals surface area (Å²) in [5, 5.41) is 8.64. The lowest BCUT2D eigenvalue weighted by Crippen LogP contribution is -2.31. The Labute approximate surface area is 191 Å². The van der Waals surface area contributed by atoms with E-state index in [1.54, 1.807) is 29.5 Å². The van der Waals surface area contributed by atoms with Gasteiger partial charge in [0.15, 0.2) is 5.82 Å². The minimum Gasteiger partial charge on any atom is -0.368 e. The van der Waals surface area contributed by atoms with Crippen LogP contribution in [0, 0.1) is 0 Å². The van der Waals surface area contributed by atoms with Crippen molar-refractivity contribution >= 4 is 16.7 Å². The number of nitrogens with zero attached hydrogens (tertiary/aromatic N) is 6. The van der Waals surface area contributed by atoms with Crippen molar-refractivity contribution in [3.05, 3.63) is 84.9 Å². The highest BCUT2D eigenvalue weighted by molar-refractivity contribution is 5.98. The molecule has 3 N–H and O–H groups in total. The van der Waals surface area contributed by atoms with Gasteiger partial charge >= 0.3 is 0 Å². The van der Waals surface area contributed by atoms with E-state index < -0.39 is 0 Å². The van der Waals surface area contributed by atoms with Crippen molar-refractivity contribution in [2.75, 3.05) is 11.9 Å². The standard InChI is InChI=1S/C25H24N8/c1-33-21(10-14-30-33)23-22-20(9-13-28-23)25(32-24(31-22)18-7-11-27-12-8-18)29-16-19(26)15-17-5-3-2-4-6-17/h2-14,19H,15-16,26H2,1H3,(H,29,31,32). The molecule has 8 nitrogen and oxygen atoms in total. The molecular weight excluding hydrogens is 412 g/mol. The molecule has 164 valence electrons. The maximum Gasteiger partial charge on any atom is 0.162 e. The van der Waals surface area contributed by atoms with E-state index in [-0.39, 0.29) is 6.04 Å². The van der Waals surface area contributed by atoms with Gasteiger partial charge in [0.2, 0.25) is 0 Å². The zero-order valence-electron chi connectivity index (χ0n) is 18.3. The monoisotopic (exact) mass is 436 g/mol. The number of anilines is 1. The number of aromatic nitrogens is 6. The van der Waals surface area contributed by atoms with Crippen LogP contribution >= 0.6 is 0 Å². The van der Waals surface area contributed by atoms with Gasteiger partial charge in [0.1, 0.15) is 17.0 Å².